The third kappa shape index (κ3) is 4.95. The average Bonchev–Trinajstić information content (AvgIpc) is 3.78. The van der Waals surface area contributed by atoms with E-state index in [4.69, 9.17) is 21.3 Å². The second-order valence-corrected chi connectivity index (χ2v) is 12.6. The number of ether oxygens (including phenoxy) is 1. The Morgan fingerprint density at radius 3 is 2.73 bits per heavy atom. The minimum atomic E-state index is -0.612. The molecule has 2 aromatic heterocycles. The Kier molecular flexibility index (Phi) is 7.54. The van der Waals surface area contributed by atoms with E-state index in [1.807, 2.05) is 36.2 Å². The number of carbonyl (C=O) groups excluding carboxylic acids is 1. The summed E-state index contributed by atoms with van der Waals surface area (Å²) in [6, 6.07) is 12.6. The summed E-state index contributed by atoms with van der Waals surface area (Å²) in [5.74, 6) is -0.490. The molecule has 3 aliphatic rings. The van der Waals surface area contributed by atoms with Gasteiger partial charge < -0.3 is 14.5 Å². The first-order valence-electron chi connectivity index (χ1n) is 15.3. The van der Waals surface area contributed by atoms with Crippen molar-refractivity contribution in [2.45, 2.75) is 49.7 Å². The molecule has 0 spiro atoms. The summed E-state index contributed by atoms with van der Waals surface area (Å²) in [5, 5.41) is 12.3. The highest BCUT2D eigenvalue weighted by Gasteiger charge is 2.45. The number of pyridine rings is 1. The van der Waals surface area contributed by atoms with Crippen molar-refractivity contribution < 1.29 is 13.9 Å². The number of carbonyl (C=O) groups is 1. The first kappa shape index (κ1) is 29.4. The zero-order valence-corrected chi connectivity index (χ0v) is 25.8. The summed E-state index contributed by atoms with van der Waals surface area (Å²) in [6.07, 6.45) is 7.52. The number of rotatable bonds is 7. The number of likely N-dealkylation sites (N-methyl/N-ethyl adjacent to an activating group) is 1. The number of likely N-dealkylation sites (tertiary alicyclic amines) is 1. The highest BCUT2D eigenvalue weighted by molar-refractivity contribution is 6.36. The number of aromatic nitrogens is 3. The Morgan fingerprint density at radius 2 is 2.00 bits per heavy atom. The first-order chi connectivity index (χ1) is 21.8. The number of hydrogen-bond acceptors (Lipinski definition) is 8. The molecule has 0 saturated carbocycles. The van der Waals surface area contributed by atoms with Crippen LogP contribution in [0, 0.1) is 17.1 Å². The number of hydrogen-bond donors (Lipinski definition) is 0. The fourth-order valence-electron chi connectivity index (χ4n) is 7.45. The van der Waals surface area contributed by atoms with Crippen LogP contribution in [0.2, 0.25) is 5.02 Å². The lowest BCUT2D eigenvalue weighted by Gasteiger charge is -2.31. The van der Waals surface area contributed by atoms with Gasteiger partial charge in [0.2, 0.25) is 5.91 Å². The number of fused-ring (bicyclic) bond motifs is 3. The summed E-state index contributed by atoms with van der Waals surface area (Å²) < 4.78 is 23.1. The molecule has 1 unspecified atom stereocenters. The highest BCUT2D eigenvalue weighted by atomic mass is 35.5. The molecule has 2 aromatic carbocycles. The summed E-state index contributed by atoms with van der Waals surface area (Å²) in [6.45, 7) is 6.40. The monoisotopic (exact) mass is 625 g/mol. The molecule has 4 aromatic rings. The van der Waals surface area contributed by atoms with Crippen LogP contribution in [0.3, 0.4) is 0 Å². The van der Waals surface area contributed by atoms with Crippen LogP contribution in [0.1, 0.15) is 32.1 Å². The third-order valence-corrected chi connectivity index (χ3v) is 10.1. The molecule has 3 saturated heterocycles. The molecule has 45 heavy (non-hydrogen) atoms. The Labute approximate surface area is 265 Å². The van der Waals surface area contributed by atoms with Crippen molar-refractivity contribution in [3.8, 4) is 23.3 Å². The molecule has 9 nitrogen and oxygen atoms in total. The lowest BCUT2D eigenvalue weighted by molar-refractivity contribution is -0.126. The van der Waals surface area contributed by atoms with E-state index in [0.717, 1.165) is 44.2 Å². The van der Waals surface area contributed by atoms with E-state index in [9.17, 15) is 10.1 Å². The predicted octanol–water partition coefficient (Wildman–Crippen LogP) is 5.76. The van der Waals surface area contributed by atoms with Crippen molar-refractivity contribution in [2.24, 2.45) is 0 Å². The van der Waals surface area contributed by atoms with Gasteiger partial charge in [0, 0.05) is 42.2 Å². The minimum Gasteiger partial charge on any atom is -0.461 e. The second kappa shape index (κ2) is 11.5. The molecule has 0 N–H and O–H groups in total. The van der Waals surface area contributed by atoms with Crippen LogP contribution >= 0.6 is 11.6 Å². The van der Waals surface area contributed by atoms with Crippen molar-refractivity contribution in [3.05, 3.63) is 66.1 Å². The molecular formula is C34H33ClFN7O2. The largest absolute Gasteiger partial charge is 0.461 e. The Bertz CT molecular complexity index is 1860. The predicted molar refractivity (Wildman–Crippen MR) is 172 cm³/mol. The zero-order valence-electron chi connectivity index (χ0n) is 25.0. The summed E-state index contributed by atoms with van der Waals surface area (Å²) >= 11 is 6.60. The number of benzene rings is 2. The lowest BCUT2D eigenvalue weighted by Crippen LogP contribution is -2.43. The maximum atomic E-state index is 16.7. The summed E-state index contributed by atoms with van der Waals surface area (Å²) in [4.78, 5) is 32.4. The lowest BCUT2D eigenvalue weighted by atomic mass is 9.95. The van der Waals surface area contributed by atoms with E-state index in [1.165, 1.54) is 11.0 Å². The smallest absolute Gasteiger partial charge is 0.319 e. The van der Waals surface area contributed by atoms with E-state index in [0.29, 0.717) is 46.7 Å². The molecule has 3 fully saturated rings. The Hall–Kier alpha value is -4.33. The Balaban J connectivity index is 1.33. The van der Waals surface area contributed by atoms with E-state index in [1.54, 1.807) is 18.3 Å². The fraction of sp³-hybridized carbons (Fsp3) is 0.382. The van der Waals surface area contributed by atoms with Gasteiger partial charge in [0.1, 0.15) is 29.7 Å². The van der Waals surface area contributed by atoms with Crippen molar-refractivity contribution in [1.82, 2.24) is 24.8 Å². The zero-order chi connectivity index (χ0) is 31.3. The van der Waals surface area contributed by atoms with Crippen molar-refractivity contribution >= 4 is 45.0 Å². The van der Waals surface area contributed by atoms with Gasteiger partial charge in [-0.15, -0.1) is 0 Å². The molecule has 5 heterocycles. The Morgan fingerprint density at radius 1 is 1.24 bits per heavy atom. The van der Waals surface area contributed by atoms with Crippen LogP contribution in [-0.2, 0) is 4.79 Å². The molecular weight excluding hydrogens is 593 g/mol. The van der Waals surface area contributed by atoms with Gasteiger partial charge in [0.25, 0.3) is 0 Å². The summed E-state index contributed by atoms with van der Waals surface area (Å²) in [7, 11) is 1.83. The van der Waals surface area contributed by atoms with Crippen LogP contribution in [0.15, 0.2) is 55.3 Å². The first-order valence-corrected chi connectivity index (χ1v) is 15.7. The molecule has 7 rings (SSSR count). The normalized spacial score (nSPS) is 20.8. The SMILES string of the molecule is C=CC(=O)N1C[C@H](N(C)c2nc(OCC34CCCN3CCC4)nc3c(F)c(-c4cccc5cccc(Cl)c45)ncc23)CC1C#N. The van der Waals surface area contributed by atoms with Crippen molar-refractivity contribution in [3.63, 3.8) is 0 Å². The fourth-order valence-corrected chi connectivity index (χ4v) is 7.73. The van der Waals surface area contributed by atoms with Gasteiger partial charge in [-0.25, -0.2) is 4.39 Å². The maximum Gasteiger partial charge on any atom is 0.319 e. The van der Waals surface area contributed by atoms with Crippen LogP contribution in [0.5, 0.6) is 6.01 Å². The number of nitriles is 1. The molecule has 1 amide bonds. The van der Waals surface area contributed by atoms with Crippen molar-refractivity contribution in [1.29, 1.82) is 5.26 Å². The van der Waals surface area contributed by atoms with Gasteiger partial charge >= 0.3 is 6.01 Å². The van der Waals surface area contributed by atoms with Gasteiger partial charge in [-0.05, 0) is 56.3 Å². The van der Waals surface area contributed by atoms with Gasteiger partial charge in [-0.2, -0.15) is 15.2 Å². The highest BCUT2D eigenvalue weighted by Crippen LogP contribution is 2.41. The van der Waals surface area contributed by atoms with Crippen LogP contribution in [0.25, 0.3) is 32.9 Å². The van der Waals surface area contributed by atoms with Gasteiger partial charge in [-0.3, -0.25) is 14.7 Å². The van der Waals surface area contributed by atoms with E-state index in [2.05, 4.69) is 27.5 Å². The minimum absolute atomic E-state index is 0.0525. The second-order valence-electron chi connectivity index (χ2n) is 12.2. The molecule has 3 aliphatic heterocycles. The van der Waals surface area contributed by atoms with Gasteiger partial charge in [0.15, 0.2) is 5.82 Å². The standard InChI is InChI=1S/C34H33ClFN7O2/c1-3-27(44)43-19-23(16-22(43)17-37)41(2)32-25-18-38-30(24-10-4-8-21-9-5-11-26(35)28(21)24)29(36)31(25)39-33(40-32)45-20-34-12-6-14-42(34)15-7-13-34/h3-5,8-11,18,22-23H,1,6-7,12-16,19-20H2,2H3/t22?,23-/m1/s1. The van der Waals surface area contributed by atoms with Crippen LogP contribution in [-0.4, -0.2) is 81.6 Å². The van der Waals surface area contributed by atoms with E-state index in [-0.39, 0.29) is 34.7 Å². The molecule has 2 atom stereocenters. The number of nitrogens with zero attached hydrogens (tertiary/aromatic N) is 7. The number of anilines is 1. The number of halogens is 2. The van der Waals surface area contributed by atoms with Gasteiger partial charge in [-0.1, -0.05) is 48.5 Å². The third-order valence-electron chi connectivity index (χ3n) is 9.80. The molecule has 0 radical (unpaired) electrons. The molecule has 230 valence electrons. The molecule has 0 bridgehead atoms. The van der Waals surface area contributed by atoms with Crippen LogP contribution < -0.4 is 9.64 Å². The van der Waals surface area contributed by atoms with Crippen molar-refractivity contribution in [2.75, 3.05) is 38.2 Å². The molecule has 11 heteroatoms. The average molecular weight is 626 g/mol. The topological polar surface area (TPSA) is 98.5 Å². The van der Waals surface area contributed by atoms with Gasteiger partial charge in [0.05, 0.1) is 23.0 Å². The quantitative estimate of drug-likeness (QED) is 0.239. The maximum absolute atomic E-state index is 16.7. The van der Waals surface area contributed by atoms with E-state index >= 15 is 4.39 Å². The van der Waals surface area contributed by atoms with E-state index < -0.39 is 11.9 Å². The molecule has 0 aliphatic carbocycles. The van der Waals surface area contributed by atoms with Crippen LogP contribution in [0.4, 0.5) is 10.2 Å². The number of amides is 1. The summed E-state index contributed by atoms with van der Waals surface area (Å²) in [5.41, 5.74) is 0.718.